The van der Waals surface area contributed by atoms with Gasteiger partial charge in [-0.3, -0.25) is 4.79 Å². The molecule has 1 aliphatic carbocycles. The van der Waals surface area contributed by atoms with E-state index in [9.17, 15) is 4.79 Å². The third-order valence-corrected chi connectivity index (χ3v) is 6.43. The Morgan fingerprint density at radius 2 is 1.97 bits per heavy atom. The highest BCUT2D eigenvalue weighted by Crippen LogP contribution is 2.46. The van der Waals surface area contributed by atoms with Crippen LogP contribution in [0.2, 0.25) is 0 Å². The Labute approximate surface area is 193 Å². The number of carbonyl (C=O) groups excluding carboxylic acids is 1. The van der Waals surface area contributed by atoms with Crippen LogP contribution in [0.15, 0.2) is 54.3 Å². The van der Waals surface area contributed by atoms with Crippen LogP contribution >= 0.6 is 0 Å². The molecule has 2 aromatic rings. The van der Waals surface area contributed by atoms with Gasteiger partial charge in [0, 0.05) is 25.2 Å². The minimum Gasteiger partial charge on any atom is -0.493 e. The highest BCUT2D eigenvalue weighted by atomic mass is 19.1. The van der Waals surface area contributed by atoms with E-state index in [-0.39, 0.29) is 30.2 Å². The molecule has 1 saturated heterocycles. The molecular formula is C26H29FO6. The molecule has 1 heterocycles. The molecule has 0 N–H and O–H groups in total. The second-order valence-corrected chi connectivity index (χ2v) is 8.54. The van der Waals surface area contributed by atoms with Crippen molar-refractivity contribution in [2.75, 3.05) is 27.6 Å². The molecule has 0 aromatic heterocycles. The SMILES string of the molecule is COC[C@H]1C[C@]2([C@@H](C)Cc3cc(OCc4ccccc4)c(OC)cc3F)OCOC2=CC1=O. The molecule has 2 aliphatic rings. The van der Waals surface area contributed by atoms with E-state index >= 15 is 4.39 Å². The summed E-state index contributed by atoms with van der Waals surface area (Å²) in [5.41, 5.74) is 0.685. The van der Waals surface area contributed by atoms with E-state index in [1.807, 2.05) is 37.3 Å². The molecule has 0 spiro atoms. The molecule has 3 atom stereocenters. The average Bonchev–Trinajstić information content (AvgIpc) is 3.24. The Morgan fingerprint density at radius 3 is 2.70 bits per heavy atom. The van der Waals surface area contributed by atoms with Crippen LogP contribution in [0.5, 0.6) is 11.5 Å². The monoisotopic (exact) mass is 456 g/mol. The maximum atomic E-state index is 15.0. The predicted molar refractivity (Wildman–Crippen MR) is 119 cm³/mol. The molecule has 0 saturated carbocycles. The standard InChI is InChI=1S/C26H29FO6/c1-17(26-13-20(15-29-2)22(28)12-25(26)32-16-33-26)9-19-10-24(23(30-3)11-21(19)27)31-14-18-7-5-4-6-8-18/h4-8,10-12,17,20H,9,13-16H2,1-3H3/t17-,20+,26+/m0/s1. The second-order valence-electron chi connectivity index (χ2n) is 8.54. The Balaban J connectivity index is 1.57. The zero-order chi connectivity index (χ0) is 23.4. The highest BCUT2D eigenvalue weighted by molar-refractivity contribution is 5.93. The summed E-state index contributed by atoms with van der Waals surface area (Å²) in [7, 11) is 3.06. The highest BCUT2D eigenvalue weighted by Gasteiger charge is 2.52. The third kappa shape index (κ3) is 4.75. The van der Waals surface area contributed by atoms with Crippen molar-refractivity contribution < 1.29 is 32.9 Å². The largest absolute Gasteiger partial charge is 0.493 e. The first kappa shape index (κ1) is 23.3. The van der Waals surface area contributed by atoms with Crippen molar-refractivity contribution in [3.63, 3.8) is 0 Å². The number of hydrogen-bond donors (Lipinski definition) is 0. The zero-order valence-corrected chi connectivity index (χ0v) is 19.1. The number of benzene rings is 2. The summed E-state index contributed by atoms with van der Waals surface area (Å²) in [6, 6.07) is 12.8. The van der Waals surface area contributed by atoms with E-state index in [0.717, 1.165) is 5.56 Å². The molecule has 0 bridgehead atoms. The van der Waals surface area contributed by atoms with Gasteiger partial charge in [0.2, 0.25) is 0 Å². The van der Waals surface area contributed by atoms with Crippen molar-refractivity contribution in [3.05, 3.63) is 71.2 Å². The lowest BCUT2D eigenvalue weighted by Gasteiger charge is -2.38. The number of halogens is 1. The van der Waals surface area contributed by atoms with Crippen LogP contribution in [0.1, 0.15) is 24.5 Å². The van der Waals surface area contributed by atoms with E-state index in [1.54, 1.807) is 13.2 Å². The van der Waals surface area contributed by atoms with E-state index in [1.165, 1.54) is 19.3 Å². The molecule has 0 radical (unpaired) electrons. The van der Waals surface area contributed by atoms with Gasteiger partial charge in [0.1, 0.15) is 23.8 Å². The van der Waals surface area contributed by atoms with Crippen LogP contribution in [0, 0.1) is 17.7 Å². The van der Waals surface area contributed by atoms with Crippen LogP contribution < -0.4 is 9.47 Å². The van der Waals surface area contributed by atoms with Crippen molar-refractivity contribution in [3.8, 4) is 11.5 Å². The number of ketones is 1. The number of allylic oxidation sites excluding steroid dienone is 1. The molecular weight excluding hydrogens is 427 g/mol. The van der Waals surface area contributed by atoms with Gasteiger partial charge in [-0.25, -0.2) is 4.39 Å². The minimum atomic E-state index is -0.797. The molecule has 1 fully saturated rings. The normalized spacial score (nSPS) is 22.8. The lowest BCUT2D eigenvalue weighted by Crippen LogP contribution is -2.46. The lowest BCUT2D eigenvalue weighted by molar-refractivity contribution is -0.125. The Kier molecular flexibility index (Phi) is 7.00. The quantitative estimate of drug-likeness (QED) is 0.556. The molecule has 2 aromatic carbocycles. The summed E-state index contributed by atoms with van der Waals surface area (Å²) >= 11 is 0. The Morgan fingerprint density at radius 1 is 1.18 bits per heavy atom. The fourth-order valence-corrected chi connectivity index (χ4v) is 4.59. The van der Waals surface area contributed by atoms with E-state index in [4.69, 9.17) is 23.7 Å². The van der Waals surface area contributed by atoms with Crippen LogP contribution in [0.3, 0.4) is 0 Å². The molecule has 176 valence electrons. The van der Waals surface area contributed by atoms with Crippen molar-refractivity contribution in [2.45, 2.75) is 32.0 Å². The van der Waals surface area contributed by atoms with Gasteiger partial charge < -0.3 is 23.7 Å². The summed E-state index contributed by atoms with van der Waals surface area (Å²) in [6.45, 7) is 2.69. The number of fused-ring (bicyclic) bond motifs is 1. The summed E-state index contributed by atoms with van der Waals surface area (Å²) < 4.78 is 43.2. The number of rotatable bonds is 9. The lowest BCUT2D eigenvalue weighted by atomic mass is 9.72. The van der Waals surface area contributed by atoms with Crippen molar-refractivity contribution in [1.29, 1.82) is 0 Å². The summed E-state index contributed by atoms with van der Waals surface area (Å²) in [5.74, 6) is 0.415. The van der Waals surface area contributed by atoms with Gasteiger partial charge in [-0.2, -0.15) is 0 Å². The van der Waals surface area contributed by atoms with Crippen LogP contribution in [0.4, 0.5) is 4.39 Å². The molecule has 7 heteroatoms. The Bertz CT molecular complexity index is 1020. The molecule has 1 aliphatic heterocycles. The van der Waals surface area contributed by atoms with Crippen molar-refractivity contribution in [1.82, 2.24) is 0 Å². The van der Waals surface area contributed by atoms with Gasteiger partial charge in [0.15, 0.2) is 24.1 Å². The van der Waals surface area contributed by atoms with Gasteiger partial charge in [0.25, 0.3) is 0 Å². The van der Waals surface area contributed by atoms with Gasteiger partial charge >= 0.3 is 0 Å². The summed E-state index contributed by atoms with van der Waals surface area (Å²) in [4.78, 5) is 12.4. The van der Waals surface area contributed by atoms with Gasteiger partial charge in [-0.05, 0) is 36.0 Å². The van der Waals surface area contributed by atoms with Gasteiger partial charge in [0.05, 0.1) is 13.7 Å². The van der Waals surface area contributed by atoms with Gasteiger partial charge in [-0.1, -0.05) is 37.3 Å². The minimum absolute atomic E-state index is 0.0348. The second kappa shape index (κ2) is 9.93. The molecule has 4 rings (SSSR count). The smallest absolute Gasteiger partial charge is 0.189 e. The van der Waals surface area contributed by atoms with Crippen molar-refractivity contribution >= 4 is 5.78 Å². The first-order valence-corrected chi connectivity index (χ1v) is 11.0. The fraction of sp³-hybridized carbons (Fsp3) is 0.423. The fourth-order valence-electron chi connectivity index (χ4n) is 4.59. The van der Waals surface area contributed by atoms with E-state index in [2.05, 4.69) is 0 Å². The topological polar surface area (TPSA) is 63.2 Å². The van der Waals surface area contributed by atoms with Crippen molar-refractivity contribution in [2.24, 2.45) is 11.8 Å². The van der Waals surface area contributed by atoms with Gasteiger partial charge in [-0.15, -0.1) is 0 Å². The average molecular weight is 457 g/mol. The third-order valence-electron chi connectivity index (χ3n) is 6.43. The molecule has 0 unspecified atom stereocenters. The Hall–Kier alpha value is -2.90. The van der Waals surface area contributed by atoms with Crippen LogP contribution in [-0.4, -0.2) is 39.0 Å². The van der Waals surface area contributed by atoms with E-state index < -0.39 is 5.60 Å². The molecule has 33 heavy (non-hydrogen) atoms. The summed E-state index contributed by atoms with van der Waals surface area (Å²) in [6.07, 6.45) is 2.31. The van der Waals surface area contributed by atoms with Crippen LogP contribution in [-0.2, 0) is 32.0 Å². The number of methoxy groups -OCH3 is 2. The number of hydrogen-bond acceptors (Lipinski definition) is 6. The first-order valence-electron chi connectivity index (χ1n) is 11.0. The zero-order valence-electron chi connectivity index (χ0n) is 19.1. The van der Waals surface area contributed by atoms with E-state index in [0.29, 0.717) is 48.9 Å². The first-order chi connectivity index (χ1) is 16.0. The number of carbonyl (C=O) groups is 1. The summed E-state index contributed by atoms with van der Waals surface area (Å²) in [5, 5.41) is 0. The molecule has 0 amide bonds. The maximum absolute atomic E-state index is 15.0. The van der Waals surface area contributed by atoms with Crippen LogP contribution in [0.25, 0.3) is 0 Å². The predicted octanol–water partition coefficient (Wildman–Crippen LogP) is 4.45. The maximum Gasteiger partial charge on any atom is 0.189 e. The number of ether oxygens (including phenoxy) is 5. The molecule has 6 nitrogen and oxygen atoms in total.